The predicted octanol–water partition coefficient (Wildman–Crippen LogP) is 3.02. The molecule has 0 aliphatic carbocycles. The summed E-state index contributed by atoms with van der Waals surface area (Å²) in [5, 5.41) is 10.9. The van der Waals surface area contributed by atoms with Gasteiger partial charge < -0.3 is 4.74 Å². The first-order valence-electron chi connectivity index (χ1n) is 10.3. The first-order chi connectivity index (χ1) is 16.0. The molecule has 1 aliphatic heterocycles. The molecule has 0 amide bonds. The summed E-state index contributed by atoms with van der Waals surface area (Å²) in [4.78, 5) is 12.7. The van der Waals surface area contributed by atoms with E-state index in [-0.39, 0.29) is 10.5 Å². The fourth-order valence-electron chi connectivity index (χ4n) is 3.75. The smallest absolute Gasteiger partial charge is 0.343 e. The standard InChI is InChI=1S/C23H19N5O4S/c29-23(32-20-11-9-19(10-12-20)27-16-24-25-26-27)18-7-13-21(14-8-18)33(30,31)28-15-3-5-17-4-1-2-6-22(17)28/h1-2,4,6-14,16H,3,5,15H2. The number of hydrogen-bond donors (Lipinski definition) is 0. The van der Waals surface area contributed by atoms with E-state index >= 15 is 0 Å². The normalized spacial score (nSPS) is 13.4. The maximum atomic E-state index is 13.2. The number of sulfonamides is 1. The van der Waals surface area contributed by atoms with Gasteiger partial charge >= 0.3 is 5.97 Å². The molecule has 166 valence electrons. The topological polar surface area (TPSA) is 107 Å². The quantitative estimate of drug-likeness (QED) is 0.332. The van der Waals surface area contributed by atoms with Gasteiger partial charge in [0.05, 0.1) is 21.8 Å². The Kier molecular flexibility index (Phi) is 5.35. The summed E-state index contributed by atoms with van der Waals surface area (Å²) < 4.78 is 34.8. The second-order valence-corrected chi connectivity index (χ2v) is 9.33. The minimum absolute atomic E-state index is 0.126. The van der Waals surface area contributed by atoms with Crippen molar-refractivity contribution >= 4 is 21.7 Å². The van der Waals surface area contributed by atoms with Gasteiger partial charge in [-0.2, -0.15) is 0 Å². The average Bonchev–Trinajstić information content (AvgIpc) is 3.39. The van der Waals surface area contributed by atoms with Crippen LogP contribution in [0, 0.1) is 0 Å². The van der Waals surface area contributed by atoms with Crippen LogP contribution < -0.4 is 9.04 Å². The van der Waals surface area contributed by atoms with Crippen molar-refractivity contribution in [3.63, 3.8) is 0 Å². The van der Waals surface area contributed by atoms with Gasteiger partial charge in [0.25, 0.3) is 10.0 Å². The Morgan fingerprint density at radius 2 is 1.70 bits per heavy atom. The van der Waals surface area contributed by atoms with E-state index in [1.54, 1.807) is 24.3 Å². The van der Waals surface area contributed by atoms with E-state index in [0.717, 1.165) is 18.4 Å². The Bertz CT molecular complexity index is 1390. The lowest BCUT2D eigenvalue weighted by atomic mass is 10.0. The summed E-state index contributed by atoms with van der Waals surface area (Å²) in [6, 6.07) is 20.0. The number of aromatic nitrogens is 4. The molecule has 0 saturated carbocycles. The molecule has 9 nitrogen and oxygen atoms in total. The molecule has 1 aliphatic rings. The second kappa shape index (κ2) is 8.47. The molecule has 0 spiro atoms. The Morgan fingerprint density at radius 3 is 2.42 bits per heavy atom. The van der Waals surface area contributed by atoms with Gasteiger partial charge in [-0.05, 0) is 83.4 Å². The number of carbonyl (C=O) groups is 1. The lowest BCUT2D eigenvalue weighted by Crippen LogP contribution is -2.35. The third kappa shape index (κ3) is 4.08. The maximum Gasteiger partial charge on any atom is 0.343 e. The van der Waals surface area contributed by atoms with E-state index < -0.39 is 16.0 Å². The first-order valence-corrected chi connectivity index (χ1v) is 11.7. The largest absolute Gasteiger partial charge is 0.423 e. The van der Waals surface area contributed by atoms with Crippen molar-refractivity contribution in [2.24, 2.45) is 0 Å². The molecular weight excluding hydrogens is 442 g/mol. The van der Waals surface area contributed by atoms with Gasteiger partial charge in [-0.15, -0.1) is 5.10 Å². The van der Waals surface area contributed by atoms with E-state index in [2.05, 4.69) is 15.5 Å². The molecule has 3 aromatic carbocycles. The van der Waals surface area contributed by atoms with E-state index in [4.69, 9.17) is 4.74 Å². The molecule has 10 heteroatoms. The SMILES string of the molecule is O=C(Oc1ccc(-n2cnnn2)cc1)c1ccc(S(=O)(=O)N2CCCc3ccccc32)cc1. The molecule has 1 aromatic heterocycles. The number of nitrogens with zero attached hydrogens (tertiary/aromatic N) is 5. The van der Waals surface area contributed by atoms with Crippen molar-refractivity contribution in [1.29, 1.82) is 0 Å². The lowest BCUT2D eigenvalue weighted by molar-refractivity contribution is 0.0734. The fraction of sp³-hybridized carbons (Fsp3) is 0.130. The number of hydrogen-bond acceptors (Lipinski definition) is 7. The third-order valence-corrected chi connectivity index (χ3v) is 7.23. The minimum Gasteiger partial charge on any atom is -0.423 e. The van der Waals surface area contributed by atoms with Gasteiger partial charge in [0, 0.05) is 6.54 Å². The van der Waals surface area contributed by atoms with Crippen LogP contribution in [0.2, 0.25) is 0 Å². The van der Waals surface area contributed by atoms with Crippen LogP contribution in [0.5, 0.6) is 5.75 Å². The molecule has 0 atom stereocenters. The van der Waals surface area contributed by atoms with Crippen LogP contribution >= 0.6 is 0 Å². The Hall–Kier alpha value is -4.05. The highest BCUT2D eigenvalue weighted by Crippen LogP contribution is 2.31. The predicted molar refractivity (Wildman–Crippen MR) is 120 cm³/mol. The van der Waals surface area contributed by atoms with Gasteiger partial charge in [0.2, 0.25) is 0 Å². The number of esters is 1. The van der Waals surface area contributed by atoms with Crippen LogP contribution in [-0.4, -0.2) is 41.1 Å². The first kappa shape index (κ1) is 20.8. The highest BCUT2D eigenvalue weighted by Gasteiger charge is 2.29. The highest BCUT2D eigenvalue weighted by atomic mass is 32.2. The molecule has 4 aromatic rings. The number of carbonyl (C=O) groups excluding carboxylic acids is 1. The zero-order valence-electron chi connectivity index (χ0n) is 17.4. The van der Waals surface area contributed by atoms with E-state index in [9.17, 15) is 13.2 Å². The van der Waals surface area contributed by atoms with Crippen LogP contribution in [0.1, 0.15) is 22.3 Å². The van der Waals surface area contributed by atoms with Crippen molar-refractivity contribution < 1.29 is 17.9 Å². The zero-order valence-corrected chi connectivity index (χ0v) is 18.2. The second-order valence-electron chi connectivity index (χ2n) is 7.47. The van der Waals surface area contributed by atoms with Gasteiger partial charge in [0.1, 0.15) is 12.1 Å². The van der Waals surface area contributed by atoms with Crippen LogP contribution in [-0.2, 0) is 16.4 Å². The van der Waals surface area contributed by atoms with Gasteiger partial charge in [-0.3, -0.25) is 4.31 Å². The summed E-state index contributed by atoms with van der Waals surface area (Å²) in [5.41, 5.74) is 2.68. The van der Waals surface area contributed by atoms with Crippen LogP contribution in [0.4, 0.5) is 5.69 Å². The number of benzene rings is 3. The summed E-state index contributed by atoms with van der Waals surface area (Å²) in [6.07, 6.45) is 3.07. The molecule has 0 radical (unpaired) electrons. The van der Waals surface area contributed by atoms with Crippen molar-refractivity contribution in [3.8, 4) is 11.4 Å². The Morgan fingerprint density at radius 1 is 0.939 bits per heavy atom. The zero-order chi connectivity index (χ0) is 22.8. The van der Waals surface area contributed by atoms with Crippen molar-refractivity contribution in [2.45, 2.75) is 17.7 Å². The number of rotatable bonds is 5. The molecule has 0 bridgehead atoms. The minimum atomic E-state index is -3.74. The number of aryl methyl sites for hydroxylation is 1. The van der Waals surface area contributed by atoms with Crippen molar-refractivity contribution in [1.82, 2.24) is 20.2 Å². The monoisotopic (exact) mass is 461 g/mol. The molecular formula is C23H19N5O4S. The number of tetrazole rings is 1. The van der Waals surface area contributed by atoms with Gasteiger partial charge in [0.15, 0.2) is 0 Å². The number of anilines is 1. The molecule has 0 unspecified atom stereocenters. The van der Waals surface area contributed by atoms with Crippen LogP contribution in [0.3, 0.4) is 0 Å². The highest BCUT2D eigenvalue weighted by molar-refractivity contribution is 7.92. The number of para-hydroxylation sites is 1. The van der Waals surface area contributed by atoms with Gasteiger partial charge in [-0.25, -0.2) is 17.9 Å². The number of ether oxygens (including phenoxy) is 1. The summed E-state index contributed by atoms with van der Waals surface area (Å²) in [7, 11) is -3.74. The van der Waals surface area contributed by atoms with E-state index in [0.29, 0.717) is 23.7 Å². The van der Waals surface area contributed by atoms with Crippen LogP contribution in [0.25, 0.3) is 5.69 Å². The van der Waals surface area contributed by atoms with Crippen molar-refractivity contribution in [2.75, 3.05) is 10.8 Å². The summed E-state index contributed by atoms with van der Waals surface area (Å²) >= 11 is 0. The Labute approximate surface area is 190 Å². The van der Waals surface area contributed by atoms with Gasteiger partial charge in [-0.1, -0.05) is 18.2 Å². The van der Waals surface area contributed by atoms with E-state index in [1.807, 2.05) is 24.3 Å². The molecule has 0 fully saturated rings. The summed E-state index contributed by atoms with van der Waals surface area (Å²) in [6.45, 7) is 0.420. The summed E-state index contributed by atoms with van der Waals surface area (Å²) in [5.74, 6) is -0.240. The average molecular weight is 462 g/mol. The molecule has 2 heterocycles. The number of fused-ring (bicyclic) bond motifs is 1. The fourth-order valence-corrected chi connectivity index (χ4v) is 5.29. The van der Waals surface area contributed by atoms with E-state index in [1.165, 1.54) is 39.6 Å². The Balaban J connectivity index is 1.32. The third-order valence-electron chi connectivity index (χ3n) is 5.41. The lowest BCUT2D eigenvalue weighted by Gasteiger charge is -2.30. The van der Waals surface area contributed by atoms with Crippen LogP contribution in [0.15, 0.2) is 84.0 Å². The molecule has 33 heavy (non-hydrogen) atoms. The van der Waals surface area contributed by atoms with Crippen molar-refractivity contribution in [3.05, 3.63) is 90.3 Å². The molecule has 0 saturated heterocycles. The molecule has 0 N–H and O–H groups in total. The maximum absolute atomic E-state index is 13.2. The molecule has 5 rings (SSSR count).